The maximum Gasteiger partial charge on any atom is 0.295 e. The fourth-order valence-corrected chi connectivity index (χ4v) is 4.40. The molecule has 1 aliphatic rings. The topological polar surface area (TPSA) is 114 Å². The molecule has 3 rings (SSSR count). The van der Waals surface area contributed by atoms with E-state index in [4.69, 9.17) is 4.74 Å². The molecule has 1 aromatic heterocycles. The highest BCUT2D eigenvalue weighted by atomic mass is 32.2. The molecule has 9 nitrogen and oxygen atoms in total. The molecule has 138 valence electrons. The summed E-state index contributed by atoms with van der Waals surface area (Å²) >= 11 is 1.47. The summed E-state index contributed by atoms with van der Waals surface area (Å²) in [6.07, 6.45) is 1.53. The first-order chi connectivity index (χ1) is 12.5. The minimum Gasteiger partial charge on any atom is -0.379 e. The molecule has 26 heavy (non-hydrogen) atoms. The molecular weight excluding hydrogens is 380 g/mol. The lowest BCUT2D eigenvalue weighted by Crippen LogP contribution is -2.40. The third kappa shape index (κ3) is 4.07. The van der Waals surface area contributed by atoms with Crippen LogP contribution >= 0.6 is 11.3 Å². The van der Waals surface area contributed by atoms with Gasteiger partial charge in [-0.2, -0.15) is 9.41 Å². The number of nitrogens with zero attached hydrogens (tertiary/aromatic N) is 3. The number of rotatable bonds is 6. The van der Waals surface area contributed by atoms with E-state index in [-0.39, 0.29) is 29.4 Å². The largest absolute Gasteiger partial charge is 0.379 e. The molecule has 2 aromatic rings. The summed E-state index contributed by atoms with van der Waals surface area (Å²) in [7, 11) is -3.81. The molecule has 2 heterocycles. The van der Waals surface area contributed by atoms with Crippen LogP contribution in [0.5, 0.6) is 0 Å². The van der Waals surface area contributed by atoms with Gasteiger partial charge in [-0.05, 0) is 23.6 Å². The lowest BCUT2D eigenvalue weighted by molar-refractivity contribution is -0.384. The van der Waals surface area contributed by atoms with E-state index >= 15 is 0 Å². The van der Waals surface area contributed by atoms with Gasteiger partial charge in [-0.1, -0.05) is 6.07 Å². The Bertz CT molecular complexity index is 906. The van der Waals surface area contributed by atoms with Gasteiger partial charge in [-0.15, -0.1) is 11.3 Å². The molecule has 0 unspecified atom stereocenters. The number of ether oxygens (including phenoxy) is 1. The molecule has 1 N–H and O–H groups in total. The van der Waals surface area contributed by atoms with Gasteiger partial charge in [0, 0.05) is 24.0 Å². The first-order valence-electron chi connectivity index (χ1n) is 7.67. The maximum absolute atomic E-state index is 12.6. The van der Waals surface area contributed by atoms with Crippen LogP contribution in [0.2, 0.25) is 0 Å². The number of hydrazone groups is 1. The lowest BCUT2D eigenvalue weighted by Gasteiger charge is -2.26. The predicted octanol–water partition coefficient (Wildman–Crippen LogP) is 2.12. The van der Waals surface area contributed by atoms with Gasteiger partial charge in [-0.25, -0.2) is 8.42 Å². The second-order valence-electron chi connectivity index (χ2n) is 5.34. The molecule has 0 saturated carbocycles. The van der Waals surface area contributed by atoms with Gasteiger partial charge in [-0.3, -0.25) is 15.5 Å². The zero-order valence-electron chi connectivity index (χ0n) is 13.6. The SMILES string of the molecule is O=[N+]([O-])c1cc(S(=O)(=O)N2CCOCC2)ccc1N/N=C/c1cccs1. The van der Waals surface area contributed by atoms with E-state index in [1.165, 1.54) is 34.0 Å². The van der Waals surface area contributed by atoms with E-state index in [2.05, 4.69) is 10.5 Å². The summed E-state index contributed by atoms with van der Waals surface area (Å²) < 4.78 is 31.7. The van der Waals surface area contributed by atoms with Gasteiger partial charge in [0.25, 0.3) is 5.69 Å². The predicted molar refractivity (Wildman–Crippen MR) is 98.2 cm³/mol. The van der Waals surface area contributed by atoms with Crippen molar-refractivity contribution in [3.05, 3.63) is 50.7 Å². The van der Waals surface area contributed by atoms with E-state index in [1.807, 2.05) is 17.5 Å². The normalized spacial score (nSPS) is 16.0. The van der Waals surface area contributed by atoms with Crippen LogP contribution in [0.4, 0.5) is 11.4 Å². The number of benzene rings is 1. The van der Waals surface area contributed by atoms with Crippen molar-refractivity contribution in [1.29, 1.82) is 0 Å². The Morgan fingerprint density at radius 3 is 2.73 bits per heavy atom. The van der Waals surface area contributed by atoms with Gasteiger partial charge < -0.3 is 4.74 Å². The van der Waals surface area contributed by atoms with Crippen LogP contribution in [-0.4, -0.2) is 50.2 Å². The van der Waals surface area contributed by atoms with Gasteiger partial charge in [0.1, 0.15) is 5.69 Å². The van der Waals surface area contributed by atoms with Crippen LogP contribution in [0.25, 0.3) is 0 Å². The smallest absolute Gasteiger partial charge is 0.295 e. The minimum atomic E-state index is -3.81. The Kier molecular flexibility index (Phi) is 5.61. The van der Waals surface area contributed by atoms with E-state index in [9.17, 15) is 18.5 Å². The van der Waals surface area contributed by atoms with E-state index in [0.29, 0.717) is 13.2 Å². The first kappa shape index (κ1) is 18.5. The molecule has 0 bridgehead atoms. The van der Waals surface area contributed by atoms with Crippen LogP contribution < -0.4 is 5.43 Å². The highest BCUT2D eigenvalue weighted by Gasteiger charge is 2.28. The van der Waals surface area contributed by atoms with Crippen LogP contribution in [0.1, 0.15) is 4.88 Å². The maximum atomic E-state index is 12.6. The number of morpholine rings is 1. The Hall–Kier alpha value is -2.34. The number of nitro groups is 1. The Balaban J connectivity index is 1.85. The van der Waals surface area contributed by atoms with Gasteiger partial charge in [0.05, 0.1) is 29.2 Å². The molecular formula is C15H16N4O5S2. The first-order valence-corrected chi connectivity index (χ1v) is 9.99. The van der Waals surface area contributed by atoms with Gasteiger partial charge in [0.15, 0.2) is 0 Å². The minimum absolute atomic E-state index is 0.115. The van der Waals surface area contributed by atoms with Crippen LogP contribution in [0.15, 0.2) is 45.7 Å². The van der Waals surface area contributed by atoms with E-state index in [0.717, 1.165) is 10.9 Å². The summed E-state index contributed by atoms with van der Waals surface area (Å²) in [5, 5.41) is 17.2. The number of sulfonamides is 1. The zero-order valence-corrected chi connectivity index (χ0v) is 15.2. The fourth-order valence-electron chi connectivity index (χ4n) is 2.38. The molecule has 1 fully saturated rings. The Morgan fingerprint density at radius 2 is 2.08 bits per heavy atom. The Morgan fingerprint density at radius 1 is 1.31 bits per heavy atom. The molecule has 1 aromatic carbocycles. The third-order valence-corrected chi connectivity index (χ3v) is 6.40. The summed E-state index contributed by atoms with van der Waals surface area (Å²) in [6.45, 7) is 1.05. The van der Waals surface area contributed by atoms with E-state index < -0.39 is 14.9 Å². The highest BCUT2D eigenvalue weighted by Crippen LogP contribution is 2.29. The molecule has 0 atom stereocenters. The molecule has 0 aliphatic carbocycles. The summed E-state index contributed by atoms with van der Waals surface area (Å²) in [5.41, 5.74) is 2.35. The number of nitrogens with one attached hydrogen (secondary N) is 1. The van der Waals surface area contributed by atoms with Crippen molar-refractivity contribution in [1.82, 2.24) is 4.31 Å². The van der Waals surface area contributed by atoms with Crippen molar-refractivity contribution >= 4 is 38.9 Å². The van der Waals surface area contributed by atoms with Crippen molar-refractivity contribution in [2.24, 2.45) is 5.10 Å². The molecule has 0 amide bonds. The number of anilines is 1. The molecule has 1 saturated heterocycles. The van der Waals surface area contributed by atoms with Crippen molar-refractivity contribution in [3.63, 3.8) is 0 Å². The molecule has 0 spiro atoms. The number of hydrogen-bond acceptors (Lipinski definition) is 8. The summed E-state index contributed by atoms with van der Waals surface area (Å²) in [6, 6.07) is 7.44. The lowest BCUT2D eigenvalue weighted by atomic mass is 10.3. The van der Waals surface area contributed by atoms with Crippen molar-refractivity contribution in [3.8, 4) is 0 Å². The quantitative estimate of drug-likeness (QED) is 0.454. The number of nitro benzene ring substituents is 1. The molecule has 1 aliphatic heterocycles. The van der Waals surface area contributed by atoms with E-state index in [1.54, 1.807) is 0 Å². The fraction of sp³-hybridized carbons (Fsp3) is 0.267. The summed E-state index contributed by atoms with van der Waals surface area (Å²) in [5.74, 6) is 0. The van der Waals surface area contributed by atoms with Crippen LogP contribution in [0, 0.1) is 10.1 Å². The molecule has 0 radical (unpaired) electrons. The number of hydrogen-bond donors (Lipinski definition) is 1. The van der Waals surface area contributed by atoms with Crippen molar-refractivity contribution in [2.75, 3.05) is 31.7 Å². The van der Waals surface area contributed by atoms with Crippen molar-refractivity contribution < 1.29 is 18.1 Å². The third-order valence-electron chi connectivity index (χ3n) is 3.69. The van der Waals surface area contributed by atoms with Crippen LogP contribution in [0.3, 0.4) is 0 Å². The zero-order chi connectivity index (χ0) is 18.6. The van der Waals surface area contributed by atoms with Crippen molar-refractivity contribution in [2.45, 2.75) is 4.90 Å². The average molecular weight is 396 g/mol. The second-order valence-corrected chi connectivity index (χ2v) is 8.26. The van der Waals surface area contributed by atoms with Crippen LogP contribution in [-0.2, 0) is 14.8 Å². The Labute approximate surface area is 154 Å². The standard InChI is InChI=1S/C15H16N4O5S2/c20-19(21)15-10-13(26(22,23)18-5-7-24-8-6-18)3-4-14(15)17-16-11-12-2-1-9-25-12/h1-4,9-11,17H,5-8H2/b16-11+. The van der Waals surface area contributed by atoms with Gasteiger partial charge in [0.2, 0.25) is 10.0 Å². The summed E-state index contributed by atoms with van der Waals surface area (Å²) in [4.78, 5) is 11.5. The van der Waals surface area contributed by atoms with Gasteiger partial charge >= 0.3 is 0 Å². The number of thiophene rings is 1. The second kappa shape index (κ2) is 7.91. The molecule has 11 heteroatoms. The highest BCUT2D eigenvalue weighted by molar-refractivity contribution is 7.89. The monoisotopic (exact) mass is 396 g/mol. The average Bonchev–Trinajstić information content (AvgIpc) is 3.16.